The third kappa shape index (κ3) is 4.31. The normalized spacial score (nSPS) is 16.3. The molecule has 1 unspecified atom stereocenters. The van der Waals surface area contributed by atoms with Crippen LogP contribution in [0.4, 0.5) is 0 Å². The second-order valence-corrected chi connectivity index (χ2v) is 7.39. The van der Waals surface area contributed by atoms with Gasteiger partial charge in [-0.25, -0.2) is 4.79 Å². The van der Waals surface area contributed by atoms with Gasteiger partial charge in [0.15, 0.2) is 11.3 Å². The standard InChI is InChI=1S/C25H29NO4/c1-5-21-16-18(2)17-22(26-21)30-23(24(27)28-3)25(29-4,19-12-8-6-9-13-19)20-14-10-7-11-15-20/h6-10,12-14,16-17,23H,5,11,15H2,1-4H3/p+1/t23-,25?/m1/s1. The molecule has 158 valence electrons. The van der Waals surface area contributed by atoms with Crippen molar-refractivity contribution in [3.8, 4) is 5.88 Å². The molecule has 0 saturated heterocycles. The minimum absolute atomic E-state index is 0.496. The molecule has 0 amide bonds. The Bertz CT molecular complexity index is 935. The lowest BCUT2D eigenvalue weighted by molar-refractivity contribution is -0.409. The van der Waals surface area contributed by atoms with Crippen molar-refractivity contribution in [1.29, 1.82) is 0 Å². The molecule has 2 aromatic rings. The minimum atomic E-state index is -1.12. The minimum Gasteiger partial charge on any atom is -0.466 e. The Kier molecular flexibility index (Phi) is 7.06. The highest BCUT2D eigenvalue weighted by molar-refractivity contribution is 5.78. The predicted octanol–water partition coefficient (Wildman–Crippen LogP) is 4.11. The number of allylic oxidation sites excluding steroid dienone is 3. The van der Waals surface area contributed by atoms with Crippen LogP contribution in [0.25, 0.3) is 0 Å². The zero-order chi connectivity index (χ0) is 21.6. The van der Waals surface area contributed by atoms with Crippen molar-refractivity contribution in [2.24, 2.45) is 0 Å². The number of ether oxygens (including phenoxy) is 3. The fraction of sp³-hybridized carbons (Fsp3) is 0.360. The van der Waals surface area contributed by atoms with Crippen molar-refractivity contribution in [2.45, 2.75) is 44.8 Å². The van der Waals surface area contributed by atoms with Crippen LogP contribution in [0.5, 0.6) is 5.88 Å². The molecule has 0 spiro atoms. The summed E-state index contributed by atoms with van der Waals surface area (Å²) in [6, 6.07) is 13.7. The number of hydrogen-bond donors (Lipinski definition) is 0. The van der Waals surface area contributed by atoms with Crippen molar-refractivity contribution in [3.05, 3.63) is 83.1 Å². The molecule has 1 N–H and O–H groups in total. The monoisotopic (exact) mass is 408 g/mol. The number of aryl methyl sites for hydroxylation is 2. The summed E-state index contributed by atoms with van der Waals surface area (Å²) >= 11 is 0. The number of aromatic amines is 1. The zero-order valence-electron chi connectivity index (χ0n) is 18.1. The molecule has 3 rings (SSSR count). The molecule has 1 aliphatic carbocycles. The second kappa shape index (κ2) is 9.72. The van der Waals surface area contributed by atoms with Crippen LogP contribution in [0.15, 0.2) is 66.3 Å². The molecule has 5 heteroatoms. The average molecular weight is 409 g/mol. The molecule has 0 aliphatic heterocycles. The number of hydrogen-bond acceptors (Lipinski definition) is 4. The van der Waals surface area contributed by atoms with Gasteiger partial charge in [0.1, 0.15) is 0 Å². The fourth-order valence-electron chi connectivity index (χ4n) is 4.00. The van der Waals surface area contributed by atoms with Gasteiger partial charge in [-0.1, -0.05) is 55.5 Å². The van der Waals surface area contributed by atoms with Crippen LogP contribution in [0.2, 0.25) is 0 Å². The van der Waals surface area contributed by atoms with Gasteiger partial charge in [-0.05, 0) is 36.5 Å². The Morgan fingerprint density at radius 1 is 1.20 bits per heavy atom. The van der Waals surface area contributed by atoms with E-state index in [0.29, 0.717) is 5.88 Å². The van der Waals surface area contributed by atoms with Gasteiger partial charge in [-0.15, -0.1) is 0 Å². The Balaban J connectivity index is 2.18. The van der Waals surface area contributed by atoms with Gasteiger partial charge >= 0.3 is 11.8 Å². The van der Waals surface area contributed by atoms with E-state index in [0.717, 1.165) is 41.7 Å². The summed E-state index contributed by atoms with van der Waals surface area (Å²) in [4.78, 5) is 16.4. The van der Waals surface area contributed by atoms with Crippen LogP contribution >= 0.6 is 0 Å². The number of benzene rings is 1. The van der Waals surface area contributed by atoms with Crippen LogP contribution in [-0.4, -0.2) is 26.3 Å². The van der Waals surface area contributed by atoms with Crippen LogP contribution < -0.4 is 9.72 Å². The van der Waals surface area contributed by atoms with Crippen molar-refractivity contribution < 1.29 is 24.0 Å². The predicted molar refractivity (Wildman–Crippen MR) is 115 cm³/mol. The average Bonchev–Trinajstić information content (AvgIpc) is 2.79. The van der Waals surface area contributed by atoms with Crippen LogP contribution in [0.3, 0.4) is 0 Å². The summed E-state index contributed by atoms with van der Waals surface area (Å²) in [5.74, 6) is 0.00988. The van der Waals surface area contributed by atoms with E-state index in [1.807, 2.05) is 55.5 Å². The van der Waals surface area contributed by atoms with Gasteiger partial charge < -0.3 is 14.2 Å². The van der Waals surface area contributed by atoms with Gasteiger partial charge in [0.2, 0.25) is 6.10 Å². The number of rotatable bonds is 8. The number of H-pyrrole nitrogens is 1. The third-order valence-corrected chi connectivity index (χ3v) is 5.47. The summed E-state index contributed by atoms with van der Waals surface area (Å²) in [7, 11) is 2.99. The molecule has 2 atom stereocenters. The maximum Gasteiger partial charge on any atom is 0.367 e. The van der Waals surface area contributed by atoms with Crippen LogP contribution in [0, 0.1) is 6.92 Å². The van der Waals surface area contributed by atoms with E-state index < -0.39 is 17.7 Å². The van der Waals surface area contributed by atoms with Gasteiger partial charge in [0.25, 0.3) is 0 Å². The van der Waals surface area contributed by atoms with Gasteiger partial charge in [0.05, 0.1) is 13.2 Å². The third-order valence-electron chi connectivity index (χ3n) is 5.47. The number of aromatic nitrogens is 1. The molecule has 5 nitrogen and oxygen atoms in total. The van der Waals surface area contributed by atoms with E-state index in [1.54, 1.807) is 7.11 Å². The molecule has 0 fully saturated rings. The molecule has 0 radical (unpaired) electrons. The van der Waals surface area contributed by atoms with E-state index >= 15 is 0 Å². The molecule has 1 aromatic heterocycles. The molecule has 1 aromatic carbocycles. The summed E-state index contributed by atoms with van der Waals surface area (Å²) in [6.07, 6.45) is 7.53. The van der Waals surface area contributed by atoms with Crippen molar-refractivity contribution in [2.75, 3.05) is 14.2 Å². The number of carbonyl (C=O) groups excluding carboxylic acids is 1. The van der Waals surface area contributed by atoms with E-state index in [4.69, 9.17) is 14.2 Å². The molecular formula is C25H30NO4+. The summed E-state index contributed by atoms with van der Waals surface area (Å²) in [5, 5.41) is 0. The van der Waals surface area contributed by atoms with Gasteiger partial charge in [0, 0.05) is 19.6 Å². The zero-order valence-corrected chi connectivity index (χ0v) is 18.1. The Hall–Kier alpha value is -2.92. The molecule has 1 heterocycles. The van der Waals surface area contributed by atoms with Crippen molar-refractivity contribution >= 4 is 5.97 Å². The SMILES string of the molecule is CCc1cc(C)cc(O[C@H](C(=O)OC)C(OC)(C2=CC=CCC2)c2ccccc2)[nH+]1. The lowest BCUT2D eigenvalue weighted by Crippen LogP contribution is -2.52. The van der Waals surface area contributed by atoms with Crippen LogP contribution in [-0.2, 0) is 26.3 Å². The van der Waals surface area contributed by atoms with E-state index in [1.165, 1.54) is 7.11 Å². The highest BCUT2D eigenvalue weighted by Crippen LogP contribution is 2.42. The first-order valence-corrected chi connectivity index (χ1v) is 10.3. The first-order valence-electron chi connectivity index (χ1n) is 10.3. The number of methoxy groups -OCH3 is 2. The number of esters is 1. The number of nitrogens with one attached hydrogen (secondary N) is 1. The second-order valence-electron chi connectivity index (χ2n) is 7.39. The molecule has 30 heavy (non-hydrogen) atoms. The molecule has 0 bridgehead atoms. The maximum atomic E-state index is 13.1. The Labute approximate surface area is 178 Å². The topological polar surface area (TPSA) is 58.9 Å². The summed E-state index contributed by atoms with van der Waals surface area (Å²) < 4.78 is 17.7. The lowest BCUT2D eigenvalue weighted by Gasteiger charge is -2.40. The molecule has 1 aliphatic rings. The smallest absolute Gasteiger partial charge is 0.367 e. The van der Waals surface area contributed by atoms with E-state index in [2.05, 4.69) is 24.1 Å². The van der Waals surface area contributed by atoms with Crippen molar-refractivity contribution in [1.82, 2.24) is 0 Å². The van der Waals surface area contributed by atoms with E-state index in [-0.39, 0.29) is 0 Å². The first-order chi connectivity index (χ1) is 14.5. The highest BCUT2D eigenvalue weighted by atomic mass is 16.6. The van der Waals surface area contributed by atoms with E-state index in [9.17, 15) is 4.79 Å². The molecule has 0 saturated carbocycles. The quantitative estimate of drug-likeness (QED) is 0.617. The Morgan fingerprint density at radius 2 is 1.97 bits per heavy atom. The highest BCUT2D eigenvalue weighted by Gasteiger charge is 2.51. The number of carbonyl (C=O) groups is 1. The molecular weight excluding hydrogens is 378 g/mol. The van der Waals surface area contributed by atoms with Gasteiger partial charge in [-0.2, -0.15) is 4.98 Å². The fourth-order valence-corrected chi connectivity index (χ4v) is 4.00. The van der Waals surface area contributed by atoms with Crippen LogP contribution in [0.1, 0.15) is 36.6 Å². The van der Waals surface area contributed by atoms with Gasteiger partial charge in [-0.3, -0.25) is 0 Å². The summed E-state index contributed by atoms with van der Waals surface area (Å²) in [5.41, 5.74) is 2.76. The largest absolute Gasteiger partial charge is 0.466 e. The maximum absolute atomic E-state index is 13.1. The number of pyridine rings is 1. The first kappa shape index (κ1) is 21.8. The van der Waals surface area contributed by atoms with Crippen molar-refractivity contribution in [3.63, 3.8) is 0 Å². The lowest BCUT2D eigenvalue weighted by atomic mass is 9.77. The Morgan fingerprint density at radius 3 is 2.57 bits per heavy atom. The summed E-state index contributed by atoms with van der Waals surface area (Å²) in [6.45, 7) is 4.07.